The number of pyridine rings is 1. The van der Waals surface area contributed by atoms with Gasteiger partial charge in [-0.15, -0.1) is 23.1 Å². The second-order valence-electron chi connectivity index (χ2n) is 3.91. The van der Waals surface area contributed by atoms with Gasteiger partial charge in [0.1, 0.15) is 16.2 Å². The molecule has 3 rings (SSSR count). The number of fused-ring (bicyclic) bond motifs is 3. The highest BCUT2D eigenvalue weighted by Gasteiger charge is 2.12. The van der Waals surface area contributed by atoms with Gasteiger partial charge in [-0.2, -0.15) is 0 Å². The quantitative estimate of drug-likeness (QED) is 0.496. The van der Waals surface area contributed by atoms with Gasteiger partial charge < -0.3 is 0 Å². The Hall–Kier alpha value is -1.20. The number of thiophene rings is 1. The van der Waals surface area contributed by atoms with Gasteiger partial charge in [0, 0.05) is 11.1 Å². The Kier molecular flexibility index (Phi) is 2.52. The van der Waals surface area contributed by atoms with Crippen LogP contribution in [0.2, 0.25) is 0 Å². The first-order valence-electron chi connectivity index (χ1n) is 5.26. The van der Waals surface area contributed by atoms with Crippen molar-refractivity contribution in [2.45, 2.75) is 18.9 Å². The molecule has 0 aliphatic rings. The Morgan fingerprint density at radius 2 is 2.06 bits per heavy atom. The lowest BCUT2D eigenvalue weighted by Crippen LogP contribution is -1.86. The van der Waals surface area contributed by atoms with E-state index in [1.54, 1.807) is 29.4 Å². The van der Waals surface area contributed by atoms with Crippen LogP contribution in [0.5, 0.6) is 0 Å². The van der Waals surface area contributed by atoms with Crippen LogP contribution in [0.3, 0.4) is 0 Å². The first-order chi connectivity index (χ1) is 8.20. The maximum atomic E-state index is 4.63. The minimum atomic E-state index is 1.03. The highest BCUT2D eigenvalue weighted by atomic mass is 32.2. The lowest BCUT2D eigenvalue weighted by Gasteiger charge is -1.98. The molecular formula is C12H11N3S2. The Bertz CT molecular complexity index is 718. The van der Waals surface area contributed by atoms with Crippen LogP contribution in [0.1, 0.15) is 11.3 Å². The van der Waals surface area contributed by atoms with Gasteiger partial charge in [0.25, 0.3) is 0 Å². The molecule has 0 spiro atoms. The highest BCUT2D eigenvalue weighted by molar-refractivity contribution is 7.98. The maximum absolute atomic E-state index is 4.63. The molecular weight excluding hydrogens is 250 g/mol. The Morgan fingerprint density at radius 1 is 1.24 bits per heavy atom. The average molecular weight is 261 g/mol. The summed E-state index contributed by atoms with van der Waals surface area (Å²) in [6.45, 7) is 4.13. The largest absolute Gasteiger partial charge is 0.242 e. The smallest absolute Gasteiger partial charge is 0.126 e. The van der Waals surface area contributed by atoms with E-state index in [1.165, 1.54) is 5.56 Å². The molecule has 3 nitrogen and oxygen atoms in total. The predicted molar refractivity (Wildman–Crippen MR) is 74.0 cm³/mol. The van der Waals surface area contributed by atoms with Crippen LogP contribution >= 0.6 is 23.1 Å². The van der Waals surface area contributed by atoms with Crippen LogP contribution in [0.4, 0.5) is 0 Å². The van der Waals surface area contributed by atoms with Crippen LogP contribution in [0.15, 0.2) is 17.4 Å². The summed E-state index contributed by atoms with van der Waals surface area (Å²) in [6.07, 6.45) is 3.67. The van der Waals surface area contributed by atoms with E-state index in [0.29, 0.717) is 0 Å². The summed E-state index contributed by atoms with van der Waals surface area (Å²) in [4.78, 5) is 14.4. The molecule has 3 heterocycles. The van der Waals surface area contributed by atoms with E-state index in [2.05, 4.69) is 27.9 Å². The monoisotopic (exact) mass is 261 g/mol. The molecule has 0 saturated heterocycles. The fourth-order valence-corrected chi connectivity index (χ4v) is 3.66. The van der Waals surface area contributed by atoms with Crippen molar-refractivity contribution in [2.75, 3.05) is 6.26 Å². The fourth-order valence-electron chi connectivity index (χ4n) is 1.81. The van der Waals surface area contributed by atoms with Crippen molar-refractivity contribution in [1.82, 2.24) is 15.0 Å². The first kappa shape index (κ1) is 10.9. The SMILES string of the molecule is CSc1ncnc2c1sc1nc(C)c(C)cc12. The zero-order valence-corrected chi connectivity index (χ0v) is 11.4. The molecule has 86 valence electrons. The van der Waals surface area contributed by atoms with E-state index in [4.69, 9.17) is 0 Å². The summed E-state index contributed by atoms with van der Waals surface area (Å²) in [7, 11) is 0. The van der Waals surface area contributed by atoms with E-state index in [-0.39, 0.29) is 0 Å². The summed E-state index contributed by atoms with van der Waals surface area (Å²) in [5.74, 6) is 0. The van der Waals surface area contributed by atoms with Gasteiger partial charge in [-0.3, -0.25) is 0 Å². The predicted octanol–water partition coefficient (Wildman–Crippen LogP) is 3.58. The molecule has 0 radical (unpaired) electrons. The number of aryl methyl sites for hydroxylation is 2. The molecule has 0 aliphatic heterocycles. The molecule has 0 aliphatic carbocycles. The first-order valence-corrected chi connectivity index (χ1v) is 7.30. The highest BCUT2D eigenvalue weighted by Crippen LogP contribution is 2.36. The molecule has 0 bridgehead atoms. The third kappa shape index (κ3) is 1.61. The van der Waals surface area contributed by atoms with Crippen LogP contribution in [0.25, 0.3) is 20.4 Å². The van der Waals surface area contributed by atoms with Gasteiger partial charge in [0.2, 0.25) is 0 Å². The van der Waals surface area contributed by atoms with Gasteiger partial charge >= 0.3 is 0 Å². The van der Waals surface area contributed by atoms with Crippen molar-refractivity contribution in [3.05, 3.63) is 23.7 Å². The molecule has 3 aromatic heterocycles. The van der Waals surface area contributed by atoms with Crippen LogP contribution < -0.4 is 0 Å². The Labute approximate surface area is 107 Å². The topological polar surface area (TPSA) is 38.7 Å². The van der Waals surface area contributed by atoms with E-state index < -0.39 is 0 Å². The minimum Gasteiger partial charge on any atom is -0.242 e. The molecule has 0 saturated carbocycles. The molecule has 5 heteroatoms. The van der Waals surface area contributed by atoms with Crippen molar-refractivity contribution in [1.29, 1.82) is 0 Å². The summed E-state index contributed by atoms with van der Waals surface area (Å²) in [5.41, 5.74) is 3.32. The summed E-state index contributed by atoms with van der Waals surface area (Å²) in [6, 6.07) is 2.17. The number of hydrogen-bond acceptors (Lipinski definition) is 5. The van der Waals surface area contributed by atoms with Gasteiger partial charge in [0.15, 0.2) is 0 Å². The van der Waals surface area contributed by atoms with E-state index in [1.807, 2.05) is 13.2 Å². The van der Waals surface area contributed by atoms with Crippen LogP contribution in [0, 0.1) is 13.8 Å². The van der Waals surface area contributed by atoms with Gasteiger partial charge in [-0.1, -0.05) is 0 Å². The summed E-state index contributed by atoms with van der Waals surface area (Å²) >= 11 is 3.33. The van der Waals surface area contributed by atoms with Crippen molar-refractivity contribution < 1.29 is 0 Å². The van der Waals surface area contributed by atoms with Crippen molar-refractivity contribution in [2.24, 2.45) is 0 Å². The van der Waals surface area contributed by atoms with E-state index in [0.717, 1.165) is 31.2 Å². The lowest BCUT2D eigenvalue weighted by atomic mass is 10.2. The molecule has 0 fully saturated rings. The zero-order valence-electron chi connectivity index (χ0n) is 9.81. The second-order valence-corrected chi connectivity index (χ2v) is 5.70. The van der Waals surface area contributed by atoms with Gasteiger partial charge in [0.05, 0.1) is 10.2 Å². The summed E-state index contributed by atoms with van der Waals surface area (Å²) < 4.78 is 1.15. The van der Waals surface area contributed by atoms with E-state index in [9.17, 15) is 0 Å². The number of nitrogens with zero attached hydrogens (tertiary/aromatic N) is 3. The maximum Gasteiger partial charge on any atom is 0.126 e. The number of thioether (sulfide) groups is 1. The third-order valence-corrected chi connectivity index (χ3v) is 4.77. The molecule has 3 aromatic rings. The third-order valence-electron chi connectivity index (χ3n) is 2.85. The van der Waals surface area contributed by atoms with Gasteiger partial charge in [-0.05, 0) is 31.7 Å². The standard InChI is InChI=1S/C12H11N3S2/c1-6-4-8-9-10(12(16-3)14-5-13-9)17-11(8)15-7(6)2/h4-5H,1-3H3. The number of hydrogen-bond donors (Lipinski definition) is 0. The number of rotatable bonds is 1. The molecule has 0 amide bonds. The van der Waals surface area contributed by atoms with Crippen molar-refractivity contribution >= 4 is 43.5 Å². The molecule has 17 heavy (non-hydrogen) atoms. The average Bonchev–Trinajstić information content (AvgIpc) is 2.67. The zero-order chi connectivity index (χ0) is 12.0. The summed E-state index contributed by atoms with van der Waals surface area (Å²) in [5, 5.41) is 2.18. The van der Waals surface area contributed by atoms with Crippen LogP contribution in [-0.4, -0.2) is 21.2 Å². The fraction of sp³-hybridized carbons (Fsp3) is 0.250. The van der Waals surface area contributed by atoms with Crippen molar-refractivity contribution in [3.8, 4) is 0 Å². The van der Waals surface area contributed by atoms with Crippen molar-refractivity contribution in [3.63, 3.8) is 0 Å². The Morgan fingerprint density at radius 3 is 2.82 bits per heavy atom. The lowest BCUT2D eigenvalue weighted by molar-refractivity contribution is 1.11. The minimum absolute atomic E-state index is 1.03. The van der Waals surface area contributed by atoms with Gasteiger partial charge in [-0.25, -0.2) is 15.0 Å². The Balaban J connectivity index is 2.50. The second kappa shape index (κ2) is 3.92. The molecule has 0 aromatic carbocycles. The normalized spacial score (nSPS) is 11.5. The van der Waals surface area contributed by atoms with E-state index >= 15 is 0 Å². The molecule has 0 atom stereocenters. The molecule has 0 N–H and O–H groups in total. The van der Waals surface area contributed by atoms with Crippen LogP contribution in [-0.2, 0) is 0 Å². The molecule has 0 unspecified atom stereocenters. The number of aromatic nitrogens is 3.